The van der Waals surface area contributed by atoms with Crippen LogP contribution in [0.4, 0.5) is 0 Å². The zero-order valence-electron chi connectivity index (χ0n) is 9.28. The summed E-state index contributed by atoms with van der Waals surface area (Å²) in [6, 6.07) is 0.204. The van der Waals surface area contributed by atoms with E-state index in [0.717, 1.165) is 38.8 Å². The number of nitrogens with one attached hydrogen (secondary N) is 1. The molecule has 4 nitrogen and oxygen atoms in total. The second-order valence-electron chi connectivity index (χ2n) is 4.50. The Bertz CT molecular complexity index is 305. The zero-order chi connectivity index (χ0) is 10.9. The summed E-state index contributed by atoms with van der Waals surface area (Å²) in [6.45, 7) is 4.50. The van der Waals surface area contributed by atoms with E-state index in [4.69, 9.17) is 0 Å². The zero-order valence-corrected chi connectivity index (χ0v) is 10.1. The second kappa shape index (κ2) is 4.39. The SMILES string of the molecule is CCCN(C1CCNC1)S(=O)(=O)C1CC1. The Hall–Kier alpha value is -0.130. The highest BCUT2D eigenvalue weighted by molar-refractivity contribution is 7.90. The summed E-state index contributed by atoms with van der Waals surface area (Å²) in [7, 11) is -2.98. The van der Waals surface area contributed by atoms with Crippen LogP contribution >= 0.6 is 0 Å². The van der Waals surface area contributed by atoms with Crippen LogP contribution in [-0.4, -0.2) is 43.6 Å². The molecule has 1 heterocycles. The van der Waals surface area contributed by atoms with Crippen LogP contribution in [0.25, 0.3) is 0 Å². The summed E-state index contributed by atoms with van der Waals surface area (Å²) in [6.07, 6.45) is 3.60. The molecule has 0 aromatic carbocycles. The van der Waals surface area contributed by atoms with Crippen LogP contribution in [0.3, 0.4) is 0 Å². The Kier molecular flexibility index (Phi) is 3.33. The Morgan fingerprint density at radius 2 is 2.07 bits per heavy atom. The van der Waals surface area contributed by atoms with E-state index in [1.54, 1.807) is 4.31 Å². The molecule has 1 aliphatic heterocycles. The normalized spacial score (nSPS) is 27.5. The molecule has 2 fully saturated rings. The molecular formula is C10H20N2O2S. The second-order valence-corrected chi connectivity index (χ2v) is 6.67. The minimum Gasteiger partial charge on any atom is -0.315 e. The van der Waals surface area contributed by atoms with Crippen LogP contribution in [0.15, 0.2) is 0 Å². The van der Waals surface area contributed by atoms with E-state index < -0.39 is 10.0 Å². The third-order valence-electron chi connectivity index (χ3n) is 3.16. The minimum atomic E-state index is -2.98. The molecule has 1 unspecified atom stereocenters. The number of sulfonamides is 1. The molecule has 5 heteroatoms. The standard InChI is InChI=1S/C10H20N2O2S/c1-2-7-12(9-5-6-11-8-9)15(13,14)10-3-4-10/h9-11H,2-8H2,1H3. The number of nitrogens with zero attached hydrogens (tertiary/aromatic N) is 1. The fourth-order valence-electron chi connectivity index (χ4n) is 2.18. The fourth-order valence-corrected chi connectivity index (χ4v) is 4.33. The molecule has 2 aliphatic rings. The molecule has 1 saturated heterocycles. The molecule has 1 atom stereocenters. The summed E-state index contributed by atoms with van der Waals surface area (Å²) in [5.74, 6) is 0. The topological polar surface area (TPSA) is 49.4 Å². The Balaban J connectivity index is 2.10. The molecule has 1 saturated carbocycles. The lowest BCUT2D eigenvalue weighted by atomic mass is 10.2. The van der Waals surface area contributed by atoms with Crippen molar-refractivity contribution in [2.24, 2.45) is 0 Å². The van der Waals surface area contributed by atoms with Crippen molar-refractivity contribution in [3.05, 3.63) is 0 Å². The lowest BCUT2D eigenvalue weighted by molar-refractivity contribution is 0.334. The quantitative estimate of drug-likeness (QED) is 0.753. The number of hydrogen-bond donors (Lipinski definition) is 1. The van der Waals surface area contributed by atoms with E-state index in [2.05, 4.69) is 5.32 Å². The van der Waals surface area contributed by atoms with Gasteiger partial charge in [-0.25, -0.2) is 8.42 Å². The van der Waals surface area contributed by atoms with E-state index in [1.807, 2.05) is 6.92 Å². The Labute approximate surface area is 92.1 Å². The lowest BCUT2D eigenvalue weighted by Gasteiger charge is -2.27. The third kappa shape index (κ3) is 2.34. The summed E-state index contributed by atoms with van der Waals surface area (Å²) in [5, 5.41) is 3.17. The monoisotopic (exact) mass is 232 g/mol. The highest BCUT2D eigenvalue weighted by atomic mass is 32.2. The smallest absolute Gasteiger partial charge is 0.217 e. The van der Waals surface area contributed by atoms with Gasteiger partial charge < -0.3 is 5.32 Å². The molecule has 0 amide bonds. The van der Waals surface area contributed by atoms with Gasteiger partial charge in [-0.3, -0.25) is 0 Å². The van der Waals surface area contributed by atoms with Crippen molar-refractivity contribution < 1.29 is 8.42 Å². The van der Waals surface area contributed by atoms with Gasteiger partial charge in [-0.1, -0.05) is 6.92 Å². The first-order valence-corrected chi connectivity index (χ1v) is 7.38. The van der Waals surface area contributed by atoms with Crippen molar-refractivity contribution in [2.75, 3.05) is 19.6 Å². The van der Waals surface area contributed by atoms with Crippen LogP contribution in [-0.2, 0) is 10.0 Å². The van der Waals surface area contributed by atoms with E-state index in [1.165, 1.54) is 0 Å². The minimum absolute atomic E-state index is 0.0651. The van der Waals surface area contributed by atoms with Gasteiger partial charge in [0, 0.05) is 19.1 Å². The van der Waals surface area contributed by atoms with Gasteiger partial charge in [-0.2, -0.15) is 4.31 Å². The number of rotatable bonds is 5. The van der Waals surface area contributed by atoms with E-state index in [9.17, 15) is 8.42 Å². The molecule has 88 valence electrons. The molecule has 0 radical (unpaired) electrons. The molecule has 15 heavy (non-hydrogen) atoms. The van der Waals surface area contributed by atoms with Gasteiger partial charge in [0.1, 0.15) is 0 Å². The Morgan fingerprint density at radius 1 is 1.33 bits per heavy atom. The van der Waals surface area contributed by atoms with E-state index in [0.29, 0.717) is 6.54 Å². The summed E-state index contributed by atoms with van der Waals surface area (Å²) >= 11 is 0. The molecule has 0 bridgehead atoms. The van der Waals surface area contributed by atoms with Crippen LogP contribution < -0.4 is 5.32 Å². The summed E-state index contributed by atoms with van der Waals surface area (Å²) < 4.78 is 26.1. The van der Waals surface area contributed by atoms with Crippen molar-refractivity contribution in [2.45, 2.75) is 43.9 Å². The number of hydrogen-bond acceptors (Lipinski definition) is 3. The van der Waals surface area contributed by atoms with Crippen molar-refractivity contribution in [1.29, 1.82) is 0 Å². The summed E-state index contributed by atoms with van der Waals surface area (Å²) in [5.41, 5.74) is 0. The van der Waals surface area contributed by atoms with Crippen LogP contribution in [0.5, 0.6) is 0 Å². The fraction of sp³-hybridized carbons (Fsp3) is 1.00. The van der Waals surface area contributed by atoms with Crippen molar-refractivity contribution in [3.63, 3.8) is 0 Å². The van der Waals surface area contributed by atoms with E-state index in [-0.39, 0.29) is 11.3 Å². The van der Waals surface area contributed by atoms with Crippen molar-refractivity contribution >= 4 is 10.0 Å². The summed E-state index contributed by atoms with van der Waals surface area (Å²) in [4.78, 5) is 0. The maximum atomic E-state index is 12.2. The lowest BCUT2D eigenvalue weighted by Crippen LogP contribution is -2.43. The van der Waals surface area contributed by atoms with E-state index >= 15 is 0 Å². The largest absolute Gasteiger partial charge is 0.315 e. The Morgan fingerprint density at radius 3 is 2.53 bits per heavy atom. The molecule has 0 spiro atoms. The third-order valence-corrected chi connectivity index (χ3v) is 5.61. The molecule has 1 N–H and O–H groups in total. The van der Waals surface area contributed by atoms with Gasteiger partial charge in [0.05, 0.1) is 5.25 Å². The molecule has 0 aromatic rings. The van der Waals surface area contributed by atoms with Crippen molar-refractivity contribution in [1.82, 2.24) is 9.62 Å². The highest BCUT2D eigenvalue weighted by Gasteiger charge is 2.42. The first kappa shape index (κ1) is 11.4. The van der Waals surface area contributed by atoms with Crippen LogP contribution in [0, 0.1) is 0 Å². The predicted molar refractivity (Wildman–Crippen MR) is 60.2 cm³/mol. The average Bonchev–Trinajstić information content (AvgIpc) is 2.93. The first-order chi connectivity index (χ1) is 7.16. The molecule has 2 rings (SSSR count). The van der Waals surface area contributed by atoms with Crippen LogP contribution in [0.1, 0.15) is 32.6 Å². The van der Waals surface area contributed by atoms with Gasteiger partial charge >= 0.3 is 0 Å². The van der Waals surface area contributed by atoms with Gasteiger partial charge in [0.15, 0.2) is 0 Å². The van der Waals surface area contributed by atoms with Crippen molar-refractivity contribution in [3.8, 4) is 0 Å². The maximum Gasteiger partial charge on any atom is 0.217 e. The highest BCUT2D eigenvalue weighted by Crippen LogP contribution is 2.32. The first-order valence-electron chi connectivity index (χ1n) is 5.87. The maximum absolute atomic E-state index is 12.2. The average molecular weight is 232 g/mol. The van der Waals surface area contributed by atoms with Gasteiger partial charge in [0.25, 0.3) is 0 Å². The predicted octanol–water partition coefficient (Wildman–Crippen LogP) is 0.552. The molecular weight excluding hydrogens is 212 g/mol. The van der Waals surface area contributed by atoms with Crippen LogP contribution in [0.2, 0.25) is 0 Å². The van der Waals surface area contributed by atoms with Gasteiger partial charge in [-0.05, 0) is 32.2 Å². The van der Waals surface area contributed by atoms with Gasteiger partial charge in [0.2, 0.25) is 10.0 Å². The molecule has 0 aromatic heterocycles. The van der Waals surface area contributed by atoms with Gasteiger partial charge in [-0.15, -0.1) is 0 Å². The molecule has 1 aliphatic carbocycles.